The highest BCUT2D eigenvalue weighted by Crippen LogP contribution is 2.30. The summed E-state index contributed by atoms with van der Waals surface area (Å²) in [6.07, 6.45) is 3.93. The van der Waals surface area contributed by atoms with Crippen LogP contribution >= 0.6 is 12.4 Å². The van der Waals surface area contributed by atoms with E-state index in [4.69, 9.17) is 10.5 Å². The summed E-state index contributed by atoms with van der Waals surface area (Å²) in [6.45, 7) is 2.16. The van der Waals surface area contributed by atoms with Crippen molar-refractivity contribution in [1.29, 1.82) is 0 Å². The fourth-order valence-corrected chi connectivity index (χ4v) is 2.16. The van der Waals surface area contributed by atoms with Crippen molar-refractivity contribution in [2.75, 3.05) is 7.11 Å². The molecule has 4 heteroatoms. The fraction of sp³-hybridized carbons (Fsp3) is 0.900. The lowest BCUT2D eigenvalue weighted by molar-refractivity contribution is -0.147. The number of carbonyl (C=O) groups excluding carboxylic acids is 1. The highest BCUT2D eigenvalue weighted by atomic mass is 35.5. The average molecular weight is 222 g/mol. The van der Waals surface area contributed by atoms with E-state index in [1.807, 2.05) is 0 Å². The van der Waals surface area contributed by atoms with E-state index in [0.29, 0.717) is 5.92 Å². The predicted molar refractivity (Wildman–Crippen MR) is 58.4 cm³/mol. The van der Waals surface area contributed by atoms with E-state index in [0.717, 1.165) is 25.7 Å². The number of hydrogen-bond donors (Lipinski definition) is 1. The number of hydrogen-bond acceptors (Lipinski definition) is 3. The quantitative estimate of drug-likeness (QED) is 0.723. The topological polar surface area (TPSA) is 52.3 Å². The van der Waals surface area contributed by atoms with Crippen LogP contribution in [0, 0.1) is 11.8 Å². The zero-order chi connectivity index (χ0) is 9.84. The molecule has 0 aromatic rings. The first-order valence-electron chi connectivity index (χ1n) is 5.02. The molecule has 0 radical (unpaired) electrons. The van der Waals surface area contributed by atoms with Crippen LogP contribution in [0.4, 0.5) is 0 Å². The molecule has 14 heavy (non-hydrogen) atoms. The Labute approximate surface area is 91.8 Å². The monoisotopic (exact) mass is 221 g/mol. The number of halogens is 1. The molecule has 1 rings (SSSR count). The van der Waals surface area contributed by atoms with Gasteiger partial charge in [0.05, 0.1) is 13.0 Å². The van der Waals surface area contributed by atoms with Crippen LogP contribution in [0.25, 0.3) is 0 Å². The van der Waals surface area contributed by atoms with E-state index in [2.05, 4.69) is 6.92 Å². The lowest BCUT2D eigenvalue weighted by Crippen LogP contribution is -2.38. The first-order chi connectivity index (χ1) is 6.19. The van der Waals surface area contributed by atoms with Crippen LogP contribution in [-0.4, -0.2) is 19.1 Å². The molecule has 0 aromatic heterocycles. The van der Waals surface area contributed by atoms with Gasteiger partial charge in [0.2, 0.25) is 0 Å². The van der Waals surface area contributed by atoms with Crippen molar-refractivity contribution in [3.63, 3.8) is 0 Å². The van der Waals surface area contributed by atoms with E-state index in [9.17, 15) is 4.79 Å². The summed E-state index contributed by atoms with van der Waals surface area (Å²) < 4.78 is 4.71. The Balaban J connectivity index is 0.00000169. The summed E-state index contributed by atoms with van der Waals surface area (Å²) in [4.78, 5) is 11.2. The third-order valence-corrected chi connectivity index (χ3v) is 3.11. The molecule has 0 aliphatic heterocycles. The van der Waals surface area contributed by atoms with E-state index in [1.54, 1.807) is 0 Å². The molecule has 0 unspecified atom stereocenters. The van der Waals surface area contributed by atoms with Crippen molar-refractivity contribution < 1.29 is 9.53 Å². The fourth-order valence-electron chi connectivity index (χ4n) is 2.16. The third kappa shape index (κ3) is 3.14. The summed E-state index contributed by atoms with van der Waals surface area (Å²) >= 11 is 0. The minimum Gasteiger partial charge on any atom is -0.469 e. The average Bonchev–Trinajstić information content (AvgIpc) is 2.16. The Morgan fingerprint density at radius 2 is 2.14 bits per heavy atom. The van der Waals surface area contributed by atoms with Crippen molar-refractivity contribution in [2.24, 2.45) is 17.6 Å². The van der Waals surface area contributed by atoms with Gasteiger partial charge in [-0.1, -0.05) is 13.3 Å². The molecule has 0 amide bonds. The highest BCUT2D eigenvalue weighted by molar-refractivity contribution is 5.85. The summed E-state index contributed by atoms with van der Waals surface area (Å²) in [7, 11) is 1.44. The lowest BCUT2D eigenvalue weighted by Gasteiger charge is -2.31. The van der Waals surface area contributed by atoms with Gasteiger partial charge in [0, 0.05) is 6.04 Å². The largest absolute Gasteiger partial charge is 0.469 e. The van der Waals surface area contributed by atoms with Crippen molar-refractivity contribution in [2.45, 2.75) is 38.6 Å². The van der Waals surface area contributed by atoms with Crippen LogP contribution in [-0.2, 0) is 9.53 Å². The minimum atomic E-state index is -0.0926. The molecule has 1 aliphatic carbocycles. The molecule has 1 aliphatic rings. The zero-order valence-electron chi connectivity index (χ0n) is 8.86. The van der Waals surface area contributed by atoms with Gasteiger partial charge < -0.3 is 10.5 Å². The Hall–Kier alpha value is -0.280. The second-order valence-electron chi connectivity index (χ2n) is 3.87. The van der Waals surface area contributed by atoms with Gasteiger partial charge in [-0.2, -0.15) is 0 Å². The predicted octanol–water partition coefficient (Wildman–Crippen LogP) is 1.73. The van der Waals surface area contributed by atoms with Crippen LogP contribution in [0.5, 0.6) is 0 Å². The molecular weight excluding hydrogens is 202 g/mol. The van der Waals surface area contributed by atoms with Gasteiger partial charge in [-0.25, -0.2) is 0 Å². The number of methoxy groups -OCH3 is 1. The van der Waals surface area contributed by atoms with E-state index in [-0.39, 0.29) is 30.3 Å². The summed E-state index contributed by atoms with van der Waals surface area (Å²) in [5.74, 6) is 0.550. The van der Waals surface area contributed by atoms with E-state index >= 15 is 0 Å². The first kappa shape index (κ1) is 13.7. The normalized spacial score (nSPS) is 31.8. The van der Waals surface area contributed by atoms with Gasteiger partial charge in [0.1, 0.15) is 0 Å². The van der Waals surface area contributed by atoms with Crippen LogP contribution in [0.1, 0.15) is 32.6 Å². The molecule has 84 valence electrons. The molecule has 1 fully saturated rings. The zero-order valence-corrected chi connectivity index (χ0v) is 9.68. The summed E-state index contributed by atoms with van der Waals surface area (Å²) in [6, 6.07) is 0.183. The van der Waals surface area contributed by atoms with Crippen LogP contribution in [0.3, 0.4) is 0 Å². The Morgan fingerprint density at radius 1 is 1.50 bits per heavy atom. The van der Waals surface area contributed by atoms with Gasteiger partial charge in [0.25, 0.3) is 0 Å². The van der Waals surface area contributed by atoms with Gasteiger partial charge in [-0.15, -0.1) is 12.4 Å². The van der Waals surface area contributed by atoms with Crippen LogP contribution in [0.2, 0.25) is 0 Å². The van der Waals surface area contributed by atoms with Crippen molar-refractivity contribution in [3.8, 4) is 0 Å². The molecule has 0 heterocycles. The van der Waals surface area contributed by atoms with Gasteiger partial charge >= 0.3 is 5.97 Å². The van der Waals surface area contributed by atoms with Crippen molar-refractivity contribution in [1.82, 2.24) is 0 Å². The summed E-state index contributed by atoms with van der Waals surface area (Å²) in [5.41, 5.74) is 5.96. The van der Waals surface area contributed by atoms with Crippen LogP contribution in [0.15, 0.2) is 0 Å². The maximum absolute atomic E-state index is 11.2. The number of nitrogens with two attached hydrogens (primary N) is 1. The Kier molecular flexibility index (Phi) is 6.12. The molecule has 0 aromatic carbocycles. The molecule has 0 saturated heterocycles. The Bertz CT molecular complexity index is 187. The van der Waals surface area contributed by atoms with E-state index in [1.165, 1.54) is 7.11 Å². The van der Waals surface area contributed by atoms with Crippen molar-refractivity contribution >= 4 is 18.4 Å². The van der Waals surface area contributed by atoms with E-state index < -0.39 is 0 Å². The smallest absolute Gasteiger partial charge is 0.308 e. The molecule has 3 nitrogen and oxygen atoms in total. The molecule has 0 spiro atoms. The second-order valence-corrected chi connectivity index (χ2v) is 3.87. The maximum Gasteiger partial charge on any atom is 0.308 e. The number of carbonyl (C=O) groups is 1. The second kappa shape index (κ2) is 6.25. The molecule has 3 atom stereocenters. The van der Waals surface area contributed by atoms with Gasteiger partial charge in [0.15, 0.2) is 0 Å². The summed E-state index contributed by atoms with van der Waals surface area (Å²) in [5, 5.41) is 0. The number of rotatable bonds is 2. The molecule has 0 bridgehead atoms. The third-order valence-electron chi connectivity index (χ3n) is 3.11. The van der Waals surface area contributed by atoms with Gasteiger partial charge in [-0.05, 0) is 25.2 Å². The highest BCUT2D eigenvalue weighted by Gasteiger charge is 2.31. The lowest BCUT2D eigenvalue weighted by atomic mass is 9.77. The number of esters is 1. The van der Waals surface area contributed by atoms with Crippen molar-refractivity contribution in [3.05, 3.63) is 0 Å². The minimum absolute atomic E-state index is 0. The van der Waals surface area contributed by atoms with Crippen LogP contribution < -0.4 is 5.73 Å². The number of ether oxygens (including phenoxy) is 1. The van der Waals surface area contributed by atoms with Gasteiger partial charge in [-0.3, -0.25) is 4.79 Å². The Morgan fingerprint density at radius 3 is 2.57 bits per heavy atom. The molecular formula is C10H20ClNO2. The molecule has 2 N–H and O–H groups in total. The first-order valence-corrected chi connectivity index (χ1v) is 5.02. The molecule has 1 saturated carbocycles. The maximum atomic E-state index is 11.2. The standard InChI is InChI=1S/C10H19NO2.ClH/c1-3-7-4-5-8(6-9(7)11)10(12)13-2;/h7-9H,3-6,11H2,1-2H3;1H/t7-,8+,9+;/m0./s1. The SMILES string of the molecule is CC[C@H]1CC[C@@H](C(=O)OC)C[C@H]1N.Cl.